The molecule has 0 unspecified atom stereocenters. The molecular formula is C17H28N6O. The highest BCUT2D eigenvalue weighted by molar-refractivity contribution is 5.05. The second kappa shape index (κ2) is 7.90. The molecule has 2 heterocycles. The monoisotopic (exact) mass is 332 g/mol. The number of hydrogen-bond acceptors (Lipinski definition) is 5. The van der Waals surface area contributed by atoms with E-state index in [1.54, 1.807) is 6.33 Å². The van der Waals surface area contributed by atoms with E-state index in [0.29, 0.717) is 5.92 Å². The second-order valence-corrected chi connectivity index (χ2v) is 6.65. The molecule has 7 nitrogen and oxygen atoms in total. The largest absolute Gasteiger partial charge is 0.377 e. The van der Waals surface area contributed by atoms with Crippen molar-refractivity contribution in [3.05, 3.63) is 29.9 Å². The van der Waals surface area contributed by atoms with Gasteiger partial charge >= 0.3 is 0 Å². The Hall–Kier alpha value is -1.73. The number of aryl methyl sites for hydroxylation is 3. The van der Waals surface area contributed by atoms with E-state index >= 15 is 0 Å². The minimum Gasteiger partial charge on any atom is -0.377 e. The molecule has 1 aliphatic rings. The molecule has 2 aromatic heterocycles. The molecule has 1 fully saturated rings. The zero-order valence-corrected chi connectivity index (χ0v) is 14.6. The minimum atomic E-state index is 0.127. The van der Waals surface area contributed by atoms with Gasteiger partial charge in [-0.05, 0) is 32.6 Å². The lowest BCUT2D eigenvalue weighted by Gasteiger charge is -2.33. The van der Waals surface area contributed by atoms with Crippen LogP contribution in [0.25, 0.3) is 0 Å². The van der Waals surface area contributed by atoms with Gasteiger partial charge in [0.1, 0.15) is 11.6 Å². The Morgan fingerprint density at radius 3 is 3.04 bits per heavy atom. The van der Waals surface area contributed by atoms with Crippen LogP contribution in [0.2, 0.25) is 0 Å². The van der Waals surface area contributed by atoms with E-state index in [1.165, 1.54) is 0 Å². The number of ether oxygens (including phenoxy) is 1. The van der Waals surface area contributed by atoms with Gasteiger partial charge in [0.15, 0.2) is 0 Å². The van der Waals surface area contributed by atoms with Crippen molar-refractivity contribution in [3.8, 4) is 0 Å². The summed E-state index contributed by atoms with van der Waals surface area (Å²) in [5.74, 6) is 2.27. The van der Waals surface area contributed by atoms with E-state index in [0.717, 1.165) is 62.6 Å². The van der Waals surface area contributed by atoms with Crippen LogP contribution in [-0.4, -0.2) is 43.5 Å². The number of H-pyrrole nitrogens is 1. The van der Waals surface area contributed by atoms with E-state index in [1.807, 2.05) is 13.1 Å². The van der Waals surface area contributed by atoms with Crippen LogP contribution in [0.4, 0.5) is 0 Å². The number of nitrogens with one attached hydrogen (secondary N) is 1. The summed E-state index contributed by atoms with van der Waals surface area (Å²) in [6.07, 6.45) is 8.55. The molecule has 0 saturated heterocycles. The topological polar surface area (TPSA) is 94.6 Å². The van der Waals surface area contributed by atoms with Crippen molar-refractivity contribution in [2.24, 2.45) is 5.73 Å². The quantitative estimate of drug-likeness (QED) is 0.808. The zero-order valence-electron chi connectivity index (χ0n) is 14.6. The van der Waals surface area contributed by atoms with Crippen LogP contribution in [0.15, 0.2) is 12.5 Å². The molecule has 24 heavy (non-hydrogen) atoms. The molecule has 3 atom stereocenters. The molecule has 3 N–H and O–H groups in total. The van der Waals surface area contributed by atoms with Gasteiger partial charge in [-0.25, -0.2) is 14.6 Å². The second-order valence-electron chi connectivity index (χ2n) is 6.65. The maximum atomic E-state index is 6.25. The molecule has 1 saturated carbocycles. The highest BCUT2D eigenvalue weighted by Crippen LogP contribution is 2.33. The Labute approximate surface area is 143 Å². The predicted octanol–water partition coefficient (Wildman–Crippen LogP) is 1.94. The molecule has 7 heteroatoms. The molecule has 0 amide bonds. The minimum absolute atomic E-state index is 0.127. The molecule has 132 valence electrons. The number of imidazole rings is 1. The molecule has 0 aliphatic heterocycles. The predicted molar refractivity (Wildman–Crippen MR) is 91.6 cm³/mol. The number of nitrogens with zero attached hydrogens (tertiary/aromatic N) is 4. The van der Waals surface area contributed by atoms with Crippen LogP contribution < -0.4 is 5.73 Å². The molecule has 0 aromatic carbocycles. The van der Waals surface area contributed by atoms with Crippen LogP contribution >= 0.6 is 0 Å². The van der Waals surface area contributed by atoms with Crippen LogP contribution in [0.3, 0.4) is 0 Å². The third-order valence-electron chi connectivity index (χ3n) is 4.70. The van der Waals surface area contributed by atoms with Crippen molar-refractivity contribution < 1.29 is 4.74 Å². The van der Waals surface area contributed by atoms with E-state index in [2.05, 4.69) is 26.7 Å². The average Bonchev–Trinajstić information content (AvgIpc) is 3.21. The van der Waals surface area contributed by atoms with Crippen molar-refractivity contribution in [2.45, 2.75) is 70.6 Å². The van der Waals surface area contributed by atoms with Gasteiger partial charge in [-0.2, -0.15) is 5.10 Å². The molecular weight excluding hydrogens is 304 g/mol. The number of hydrogen-bond donors (Lipinski definition) is 2. The van der Waals surface area contributed by atoms with Gasteiger partial charge in [-0.15, -0.1) is 0 Å². The SMILES string of the molecule is CCCO[C@@H]1C[C@@H](c2nc(C)nn2CCc2cnc[nH]2)CC[C@H]1N. The highest BCUT2D eigenvalue weighted by atomic mass is 16.5. The van der Waals surface area contributed by atoms with Crippen LogP contribution in [0.5, 0.6) is 0 Å². The number of rotatable bonds is 7. The standard InChI is InChI=1S/C17H28N6O/c1-3-8-24-16-9-13(4-5-15(16)18)17-21-12(2)22-23(17)7-6-14-10-19-11-20-14/h10-11,13,15-16H,3-9,18H2,1-2H3,(H,19,20)/t13-,15+,16+/m0/s1. The van der Waals surface area contributed by atoms with Crippen molar-refractivity contribution in [1.82, 2.24) is 24.7 Å². The lowest BCUT2D eigenvalue weighted by Crippen LogP contribution is -2.42. The Balaban J connectivity index is 1.69. The summed E-state index contributed by atoms with van der Waals surface area (Å²) in [5, 5.41) is 4.59. The lowest BCUT2D eigenvalue weighted by atomic mass is 9.83. The molecule has 0 radical (unpaired) electrons. The first-order valence-electron chi connectivity index (χ1n) is 8.93. The van der Waals surface area contributed by atoms with Gasteiger partial charge in [-0.3, -0.25) is 0 Å². The van der Waals surface area contributed by atoms with Crippen molar-refractivity contribution in [2.75, 3.05) is 6.61 Å². The first kappa shape index (κ1) is 17.1. The van der Waals surface area contributed by atoms with E-state index < -0.39 is 0 Å². The number of aromatic amines is 1. The average molecular weight is 332 g/mol. The zero-order chi connectivity index (χ0) is 16.9. The molecule has 2 aromatic rings. The van der Waals surface area contributed by atoms with E-state index in [4.69, 9.17) is 15.5 Å². The Morgan fingerprint density at radius 1 is 1.42 bits per heavy atom. The highest BCUT2D eigenvalue weighted by Gasteiger charge is 2.32. The maximum Gasteiger partial charge on any atom is 0.147 e. The fourth-order valence-corrected chi connectivity index (χ4v) is 3.43. The van der Waals surface area contributed by atoms with Crippen molar-refractivity contribution in [3.63, 3.8) is 0 Å². The van der Waals surface area contributed by atoms with Gasteiger partial charge in [0.25, 0.3) is 0 Å². The lowest BCUT2D eigenvalue weighted by molar-refractivity contribution is 0.00861. The van der Waals surface area contributed by atoms with E-state index in [-0.39, 0.29) is 12.1 Å². The van der Waals surface area contributed by atoms with Crippen LogP contribution in [0.1, 0.15) is 55.9 Å². The van der Waals surface area contributed by atoms with Crippen molar-refractivity contribution >= 4 is 0 Å². The molecule has 0 bridgehead atoms. The number of nitrogens with two attached hydrogens (primary N) is 1. The summed E-state index contributed by atoms with van der Waals surface area (Å²) in [5.41, 5.74) is 7.36. The molecule has 3 rings (SSSR count). The molecule has 0 spiro atoms. The molecule has 1 aliphatic carbocycles. The summed E-state index contributed by atoms with van der Waals surface area (Å²) in [7, 11) is 0. The summed E-state index contributed by atoms with van der Waals surface area (Å²) in [6.45, 7) is 5.66. The fraction of sp³-hybridized carbons (Fsp3) is 0.706. The Morgan fingerprint density at radius 2 is 2.29 bits per heavy atom. The normalized spacial score (nSPS) is 24.4. The third kappa shape index (κ3) is 4.02. The number of aromatic nitrogens is 5. The maximum absolute atomic E-state index is 6.25. The van der Waals surface area contributed by atoms with Gasteiger partial charge < -0.3 is 15.5 Å². The summed E-state index contributed by atoms with van der Waals surface area (Å²) >= 11 is 0. The van der Waals surface area contributed by atoms with Crippen LogP contribution in [-0.2, 0) is 17.7 Å². The van der Waals surface area contributed by atoms with E-state index in [9.17, 15) is 0 Å². The van der Waals surface area contributed by atoms with Gasteiger partial charge in [0.05, 0.1) is 12.4 Å². The van der Waals surface area contributed by atoms with Gasteiger partial charge in [0.2, 0.25) is 0 Å². The smallest absolute Gasteiger partial charge is 0.147 e. The third-order valence-corrected chi connectivity index (χ3v) is 4.70. The summed E-state index contributed by atoms with van der Waals surface area (Å²) < 4.78 is 8.02. The first-order valence-corrected chi connectivity index (χ1v) is 8.93. The van der Waals surface area contributed by atoms with Gasteiger partial charge in [0, 0.05) is 43.4 Å². The Bertz CT molecular complexity index is 623. The van der Waals surface area contributed by atoms with Crippen LogP contribution in [0, 0.1) is 6.92 Å². The first-order chi connectivity index (χ1) is 11.7. The van der Waals surface area contributed by atoms with Crippen molar-refractivity contribution in [1.29, 1.82) is 0 Å². The summed E-state index contributed by atoms with van der Waals surface area (Å²) in [4.78, 5) is 11.9. The van der Waals surface area contributed by atoms with Gasteiger partial charge in [-0.1, -0.05) is 6.92 Å². The fourth-order valence-electron chi connectivity index (χ4n) is 3.43. The summed E-state index contributed by atoms with van der Waals surface area (Å²) in [6, 6.07) is 0.135. The Kier molecular flexibility index (Phi) is 5.63.